The van der Waals surface area contributed by atoms with Crippen molar-refractivity contribution in [2.24, 2.45) is 0 Å². The van der Waals surface area contributed by atoms with Gasteiger partial charge in [-0.15, -0.1) is 0 Å². The minimum Gasteiger partial charge on any atom is -0.493 e. The fourth-order valence-corrected chi connectivity index (χ4v) is 3.64. The zero-order valence-corrected chi connectivity index (χ0v) is 17.9. The highest BCUT2D eigenvalue weighted by Gasteiger charge is 2.26. The molecule has 2 aromatic rings. The number of rotatable bonds is 6. The Balaban J connectivity index is 1.82. The van der Waals surface area contributed by atoms with E-state index >= 15 is 0 Å². The predicted molar refractivity (Wildman–Crippen MR) is 114 cm³/mol. The van der Waals surface area contributed by atoms with Crippen molar-refractivity contribution in [3.05, 3.63) is 57.1 Å². The van der Waals surface area contributed by atoms with E-state index < -0.39 is 4.92 Å². The second-order valence-corrected chi connectivity index (χ2v) is 7.72. The smallest absolute Gasteiger partial charge is 0.313 e. The van der Waals surface area contributed by atoms with Gasteiger partial charge < -0.3 is 19.3 Å². The first-order chi connectivity index (χ1) is 14.3. The number of carbonyl (C=O) groups is 1. The van der Waals surface area contributed by atoms with Crippen LogP contribution in [0.25, 0.3) is 0 Å². The van der Waals surface area contributed by atoms with Crippen LogP contribution in [0, 0.1) is 10.1 Å². The van der Waals surface area contributed by atoms with Crippen molar-refractivity contribution in [3.63, 3.8) is 0 Å². The van der Waals surface area contributed by atoms with Crippen molar-refractivity contribution < 1.29 is 19.2 Å². The van der Waals surface area contributed by atoms with Gasteiger partial charge in [-0.25, -0.2) is 0 Å². The summed E-state index contributed by atoms with van der Waals surface area (Å²) < 4.78 is 11.1. The number of carbonyl (C=O) groups excluding carboxylic acids is 1. The highest BCUT2D eigenvalue weighted by molar-refractivity contribution is 6.30. The van der Waals surface area contributed by atoms with Gasteiger partial charge in [0.2, 0.25) is 5.75 Å². The first-order valence-electron chi connectivity index (χ1n) is 9.55. The molecular weight excluding hydrogens is 410 g/mol. The Morgan fingerprint density at radius 3 is 2.47 bits per heavy atom. The van der Waals surface area contributed by atoms with E-state index in [1.54, 1.807) is 23.1 Å². The van der Waals surface area contributed by atoms with E-state index in [1.165, 1.54) is 25.3 Å². The first-order valence-corrected chi connectivity index (χ1v) is 9.93. The fourth-order valence-electron chi connectivity index (χ4n) is 3.47. The summed E-state index contributed by atoms with van der Waals surface area (Å²) in [5.74, 6) is 0.500. The molecule has 0 atom stereocenters. The highest BCUT2D eigenvalue weighted by Crippen LogP contribution is 2.38. The lowest BCUT2D eigenvalue weighted by molar-refractivity contribution is -0.385. The number of methoxy groups -OCH3 is 1. The van der Waals surface area contributed by atoms with Gasteiger partial charge in [-0.1, -0.05) is 11.6 Å². The maximum atomic E-state index is 13.0. The van der Waals surface area contributed by atoms with Crippen molar-refractivity contribution in [2.75, 3.05) is 34.3 Å². The zero-order valence-electron chi connectivity index (χ0n) is 17.1. The molecule has 9 heteroatoms. The molecule has 1 heterocycles. The van der Waals surface area contributed by atoms with Gasteiger partial charge in [0.25, 0.3) is 5.91 Å². The van der Waals surface area contributed by atoms with Crippen LogP contribution in [-0.2, 0) is 0 Å². The van der Waals surface area contributed by atoms with E-state index in [4.69, 9.17) is 21.1 Å². The lowest BCUT2D eigenvalue weighted by Crippen LogP contribution is -2.44. The maximum absolute atomic E-state index is 13.0. The molecule has 160 valence electrons. The molecule has 0 N–H and O–H groups in total. The normalized spacial score (nSPS) is 14.9. The zero-order chi connectivity index (χ0) is 21.8. The molecule has 1 aliphatic heterocycles. The Labute approximate surface area is 180 Å². The fraction of sp³-hybridized carbons (Fsp3) is 0.381. The van der Waals surface area contributed by atoms with Crippen molar-refractivity contribution in [3.8, 4) is 17.2 Å². The molecule has 0 bridgehead atoms. The molecule has 0 saturated carbocycles. The van der Waals surface area contributed by atoms with E-state index in [1.807, 2.05) is 7.05 Å². The second kappa shape index (κ2) is 9.32. The van der Waals surface area contributed by atoms with Crippen LogP contribution < -0.4 is 9.47 Å². The summed E-state index contributed by atoms with van der Waals surface area (Å²) in [4.78, 5) is 27.7. The largest absolute Gasteiger partial charge is 0.493 e. The Kier molecular flexibility index (Phi) is 6.79. The van der Waals surface area contributed by atoms with Crippen LogP contribution in [0.1, 0.15) is 23.2 Å². The standard InChI is InChI=1S/C21H24ClN3O5/c1-23-10-8-16(9-11-23)24(2)21(26)14-4-6-19(20(12-14)29-3)30-18-7-5-15(22)13-17(18)25(27)28/h4-7,12-13,16H,8-11H2,1-3H3. The quantitative estimate of drug-likeness (QED) is 0.501. The lowest BCUT2D eigenvalue weighted by atomic mass is 10.0. The van der Waals surface area contributed by atoms with Crippen LogP contribution in [0.5, 0.6) is 17.2 Å². The van der Waals surface area contributed by atoms with E-state index in [-0.39, 0.29) is 34.2 Å². The monoisotopic (exact) mass is 433 g/mol. The first kappa shape index (κ1) is 21.9. The molecule has 0 radical (unpaired) electrons. The van der Waals surface area contributed by atoms with E-state index in [0.717, 1.165) is 25.9 Å². The summed E-state index contributed by atoms with van der Waals surface area (Å²) >= 11 is 5.85. The number of nitrogens with zero attached hydrogens (tertiary/aromatic N) is 3. The lowest BCUT2D eigenvalue weighted by Gasteiger charge is -2.35. The van der Waals surface area contributed by atoms with Gasteiger partial charge in [0.1, 0.15) is 0 Å². The van der Waals surface area contributed by atoms with Gasteiger partial charge in [-0.2, -0.15) is 0 Å². The van der Waals surface area contributed by atoms with Crippen molar-refractivity contribution in [1.82, 2.24) is 9.80 Å². The average Bonchev–Trinajstić information content (AvgIpc) is 2.74. The Bertz CT molecular complexity index is 944. The minimum absolute atomic E-state index is 0.0326. The van der Waals surface area contributed by atoms with Gasteiger partial charge >= 0.3 is 5.69 Å². The number of amides is 1. The topological polar surface area (TPSA) is 85.2 Å². The van der Waals surface area contributed by atoms with Crippen LogP contribution in [0.15, 0.2) is 36.4 Å². The molecule has 1 amide bonds. The highest BCUT2D eigenvalue weighted by atomic mass is 35.5. The van der Waals surface area contributed by atoms with Crippen LogP contribution >= 0.6 is 11.6 Å². The average molecular weight is 434 g/mol. The maximum Gasteiger partial charge on any atom is 0.313 e. The van der Waals surface area contributed by atoms with Crippen molar-refractivity contribution >= 4 is 23.2 Å². The van der Waals surface area contributed by atoms with Crippen molar-refractivity contribution in [2.45, 2.75) is 18.9 Å². The predicted octanol–water partition coefficient (Wildman–Crippen LogP) is 4.22. The summed E-state index contributed by atoms with van der Waals surface area (Å²) in [7, 11) is 5.34. The third kappa shape index (κ3) is 4.83. The number of nitro benzene ring substituents is 1. The molecule has 8 nitrogen and oxygen atoms in total. The summed E-state index contributed by atoms with van der Waals surface area (Å²) in [5, 5.41) is 11.5. The molecule has 0 aliphatic carbocycles. The summed E-state index contributed by atoms with van der Waals surface area (Å²) in [6.07, 6.45) is 1.86. The molecule has 1 aliphatic rings. The molecular formula is C21H24ClN3O5. The summed E-state index contributed by atoms with van der Waals surface area (Å²) in [6, 6.07) is 9.13. The number of halogens is 1. The Morgan fingerprint density at radius 2 is 1.83 bits per heavy atom. The van der Waals surface area contributed by atoms with Gasteiger partial charge in [-0.3, -0.25) is 14.9 Å². The molecule has 0 spiro atoms. The Morgan fingerprint density at radius 1 is 1.17 bits per heavy atom. The number of piperidine rings is 1. The van der Waals surface area contributed by atoms with Crippen LogP contribution in [0.2, 0.25) is 5.02 Å². The van der Waals surface area contributed by atoms with E-state index in [0.29, 0.717) is 11.3 Å². The summed E-state index contributed by atoms with van der Waals surface area (Å²) in [5.41, 5.74) is 0.206. The second-order valence-electron chi connectivity index (χ2n) is 7.29. The van der Waals surface area contributed by atoms with Crippen molar-refractivity contribution in [1.29, 1.82) is 0 Å². The number of hydrogen-bond acceptors (Lipinski definition) is 6. The molecule has 30 heavy (non-hydrogen) atoms. The molecule has 1 fully saturated rings. The third-order valence-electron chi connectivity index (χ3n) is 5.30. The van der Waals surface area contributed by atoms with E-state index in [2.05, 4.69) is 11.9 Å². The van der Waals surface area contributed by atoms with Crippen LogP contribution in [0.3, 0.4) is 0 Å². The third-order valence-corrected chi connectivity index (χ3v) is 5.54. The summed E-state index contributed by atoms with van der Waals surface area (Å²) in [6.45, 7) is 1.91. The van der Waals surface area contributed by atoms with Gasteiger partial charge in [0.15, 0.2) is 11.5 Å². The van der Waals surface area contributed by atoms with Gasteiger partial charge in [0, 0.05) is 29.7 Å². The minimum atomic E-state index is -0.567. The van der Waals surface area contributed by atoms with Gasteiger partial charge in [0.05, 0.1) is 12.0 Å². The number of benzene rings is 2. The SMILES string of the molecule is COc1cc(C(=O)N(C)C2CCN(C)CC2)ccc1Oc1ccc(Cl)cc1[N+](=O)[O-]. The molecule has 0 aromatic heterocycles. The van der Waals surface area contributed by atoms with E-state index in [9.17, 15) is 14.9 Å². The van der Waals surface area contributed by atoms with Crippen LogP contribution in [0.4, 0.5) is 5.69 Å². The molecule has 1 saturated heterocycles. The van der Waals surface area contributed by atoms with Crippen LogP contribution in [-0.4, -0.2) is 61.0 Å². The Hall–Kier alpha value is -2.84. The van der Waals surface area contributed by atoms with Gasteiger partial charge in [-0.05, 0) is 63.3 Å². The number of ether oxygens (including phenoxy) is 2. The molecule has 0 unspecified atom stereocenters. The number of likely N-dealkylation sites (tertiary alicyclic amines) is 1. The molecule has 2 aromatic carbocycles. The number of nitro groups is 1. The molecule has 3 rings (SSSR count). The number of hydrogen-bond donors (Lipinski definition) is 0.